The fourth-order valence-electron chi connectivity index (χ4n) is 3.68. The van der Waals surface area contributed by atoms with Crippen LogP contribution < -0.4 is 15.5 Å². The Hall–Kier alpha value is -3.52. The highest BCUT2D eigenvalue weighted by molar-refractivity contribution is 7.14. The standard InChI is InChI=1S/C24H24N4O3S/c1-15(25-16(2)29)17-5-7-18(8-6-17)21-14-32-24(26-21)27-23(31)19-9-11-20(12-10-19)28-13-3-4-22(28)30/h5-12,14-15H,3-4,13H2,1-2H3,(H,25,29)(H,26,27,31). The molecule has 4 rings (SSSR count). The number of anilines is 2. The molecule has 2 aromatic carbocycles. The van der Waals surface area contributed by atoms with E-state index in [0.717, 1.165) is 35.5 Å². The first-order valence-corrected chi connectivity index (χ1v) is 11.3. The Kier molecular flexibility index (Phi) is 6.32. The van der Waals surface area contributed by atoms with Crippen molar-refractivity contribution in [2.75, 3.05) is 16.8 Å². The molecule has 0 saturated carbocycles. The smallest absolute Gasteiger partial charge is 0.257 e. The van der Waals surface area contributed by atoms with Crippen molar-refractivity contribution >= 4 is 39.9 Å². The van der Waals surface area contributed by atoms with Crippen LogP contribution in [0, 0.1) is 0 Å². The Morgan fingerprint density at radius 1 is 1.09 bits per heavy atom. The molecular weight excluding hydrogens is 424 g/mol. The summed E-state index contributed by atoms with van der Waals surface area (Å²) in [6, 6.07) is 14.8. The number of carbonyl (C=O) groups excluding carboxylic acids is 3. The first-order chi connectivity index (χ1) is 15.4. The van der Waals surface area contributed by atoms with Crippen molar-refractivity contribution < 1.29 is 14.4 Å². The number of thiazole rings is 1. The third-order valence-electron chi connectivity index (χ3n) is 5.37. The Labute approximate surface area is 190 Å². The second kappa shape index (κ2) is 9.32. The molecule has 2 N–H and O–H groups in total. The van der Waals surface area contributed by atoms with E-state index in [-0.39, 0.29) is 23.8 Å². The third-order valence-corrected chi connectivity index (χ3v) is 6.12. The quantitative estimate of drug-likeness (QED) is 0.585. The predicted molar refractivity (Wildman–Crippen MR) is 126 cm³/mol. The molecule has 1 atom stereocenters. The molecular formula is C24H24N4O3S. The maximum absolute atomic E-state index is 12.6. The van der Waals surface area contributed by atoms with Crippen LogP contribution >= 0.6 is 11.3 Å². The molecule has 0 radical (unpaired) electrons. The van der Waals surface area contributed by atoms with Crippen molar-refractivity contribution in [3.8, 4) is 11.3 Å². The number of aromatic nitrogens is 1. The molecule has 0 bridgehead atoms. The van der Waals surface area contributed by atoms with E-state index in [2.05, 4.69) is 15.6 Å². The van der Waals surface area contributed by atoms with E-state index in [4.69, 9.17) is 0 Å². The zero-order chi connectivity index (χ0) is 22.7. The number of amides is 3. The maximum atomic E-state index is 12.6. The van der Waals surface area contributed by atoms with Crippen LogP contribution in [-0.2, 0) is 9.59 Å². The zero-order valence-electron chi connectivity index (χ0n) is 17.9. The lowest BCUT2D eigenvalue weighted by Gasteiger charge is -2.15. The van der Waals surface area contributed by atoms with Gasteiger partial charge in [-0.25, -0.2) is 4.98 Å². The van der Waals surface area contributed by atoms with E-state index >= 15 is 0 Å². The summed E-state index contributed by atoms with van der Waals surface area (Å²) >= 11 is 1.36. The van der Waals surface area contributed by atoms with E-state index in [1.807, 2.05) is 36.6 Å². The van der Waals surface area contributed by atoms with E-state index < -0.39 is 0 Å². The summed E-state index contributed by atoms with van der Waals surface area (Å²) in [6.45, 7) is 4.15. The van der Waals surface area contributed by atoms with Crippen LogP contribution in [0.5, 0.6) is 0 Å². The fraction of sp³-hybridized carbons (Fsp3) is 0.250. The highest BCUT2D eigenvalue weighted by Gasteiger charge is 2.21. The van der Waals surface area contributed by atoms with Gasteiger partial charge in [-0.2, -0.15) is 0 Å². The second-order valence-electron chi connectivity index (χ2n) is 7.73. The molecule has 1 unspecified atom stereocenters. The number of hydrogen-bond acceptors (Lipinski definition) is 5. The van der Waals surface area contributed by atoms with Gasteiger partial charge < -0.3 is 10.2 Å². The molecule has 1 saturated heterocycles. The third kappa shape index (κ3) is 4.86. The van der Waals surface area contributed by atoms with Crippen LogP contribution in [0.1, 0.15) is 48.7 Å². The molecule has 8 heteroatoms. The molecule has 3 aromatic rings. The maximum Gasteiger partial charge on any atom is 0.257 e. The van der Waals surface area contributed by atoms with Gasteiger partial charge in [-0.15, -0.1) is 11.3 Å². The van der Waals surface area contributed by atoms with Gasteiger partial charge in [-0.05, 0) is 43.2 Å². The van der Waals surface area contributed by atoms with Gasteiger partial charge in [-0.1, -0.05) is 24.3 Å². The lowest BCUT2D eigenvalue weighted by molar-refractivity contribution is -0.119. The number of carbonyl (C=O) groups is 3. The highest BCUT2D eigenvalue weighted by atomic mass is 32.1. The van der Waals surface area contributed by atoms with E-state index in [1.165, 1.54) is 18.3 Å². The Morgan fingerprint density at radius 3 is 2.44 bits per heavy atom. The molecule has 1 aliphatic rings. The van der Waals surface area contributed by atoms with Gasteiger partial charge in [0.25, 0.3) is 5.91 Å². The minimum Gasteiger partial charge on any atom is -0.350 e. The summed E-state index contributed by atoms with van der Waals surface area (Å²) in [5, 5.41) is 8.11. The van der Waals surface area contributed by atoms with Crippen molar-refractivity contribution in [3.05, 3.63) is 65.0 Å². The first-order valence-electron chi connectivity index (χ1n) is 10.5. The highest BCUT2D eigenvalue weighted by Crippen LogP contribution is 2.27. The molecule has 1 fully saturated rings. The Balaban J connectivity index is 1.40. The van der Waals surface area contributed by atoms with E-state index in [9.17, 15) is 14.4 Å². The number of nitrogens with one attached hydrogen (secondary N) is 2. The average molecular weight is 449 g/mol. The number of benzene rings is 2. The van der Waals surface area contributed by atoms with Crippen LogP contribution in [0.3, 0.4) is 0 Å². The van der Waals surface area contributed by atoms with Crippen molar-refractivity contribution in [3.63, 3.8) is 0 Å². The van der Waals surface area contributed by atoms with Gasteiger partial charge in [0.05, 0.1) is 11.7 Å². The van der Waals surface area contributed by atoms with E-state index in [0.29, 0.717) is 17.1 Å². The second-order valence-corrected chi connectivity index (χ2v) is 8.59. The minimum absolute atomic E-state index is 0.0678. The molecule has 0 aliphatic carbocycles. The Bertz CT molecular complexity index is 1140. The van der Waals surface area contributed by atoms with Crippen LogP contribution in [-0.4, -0.2) is 29.3 Å². The fourth-order valence-corrected chi connectivity index (χ4v) is 4.39. The largest absolute Gasteiger partial charge is 0.350 e. The van der Waals surface area contributed by atoms with Crippen molar-refractivity contribution in [2.24, 2.45) is 0 Å². The van der Waals surface area contributed by atoms with Gasteiger partial charge in [0, 0.05) is 42.1 Å². The Morgan fingerprint density at radius 2 is 1.81 bits per heavy atom. The number of rotatable bonds is 6. The van der Waals surface area contributed by atoms with Crippen LogP contribution in [0.2, 0.25) is 0 Å². The topological polar surface area (TPSA) is 91.4 Å². The monoisotopic (exact) mass is 448 g/mol. The molecule has 1 aromatic heterocycles. The van der Waals surface area contributed by atoms with Gasteiger partial charge >= 0.3 is 0 Å². The number of nitrogens with zero attached hydrogens (tertiary/aromatic N) is 2. The SMILES string of the molecule is CC(=O)NC(C)c1ccc(-c2csc(NC(=O)c3ccc(N4CCCC4=O)cc3)n2)cc1. The van der Waals surface area contributed by atoms with Crippen molar-refractivity contribution in [1.82, 2.24) is 10.3 Å². The normalized spacial score (nSPS) is 14.3. The van der Waals surface area contributed by atoms with Crippen LogP contribution in [0.4, 0.5) is 10.8 Å². The van der Waals surface area contributed by atoms with Gasteiger partial charge in [-0.3, -0.25) is 19.7 Å². The predicted octanol–water partition coefficient (Wildman–Crippen LogP) is 4.39. The van der Waals surface area contributed by atoms with Crippen molar-refractivity contribution in [2.45, 2.75) is 32.7 Å². The van der Waals surface area contributed by atoms with Gasteiger partial charge in [0.15, 0.2) is 5.13 Å². The molecule has 164 valence electrons. The molecule has 3 amide bonds. The summed E-state index contributed by atoms with van der Waals surface area (Å²) in [6.07, 6.45) is 1.44. The first kappa shape index (κ1) is 21.7. The lowest BCUT2D eigenvalue weighted by Crippen LogP contribution is -2.23. The van der Waals surface area contributed by atoms with Crippen LogP contribution in [0.25, 0.3) is 11.3 Å². The minimum atomic E-state index is -0.246. The van der Waals surface area contributed by atoms with E-state index in [1.54, 1.807) is 29.2 Å². The molecule has 7 nitrogen and oxygen atoms in total. The lowest BCUT2D eigenvalue weighted by atomic mass is 10.1. The van der Waals surface area contributed by atoms with Gasteiger partial charge in [0.2, 0.25) is 11.8 Å². The number of hydrogen-bond donors (Lipinski definition) is 2. The summed E-state index contributed by atoms with van der Waals surface area (Å²) in [7, 11) is 0. The average Bonchev–Trinajstić information content (AvgIpc) is 3.42. The zero-order valence-corrected chi connectivity index (χ0v) is 18.7. The summed E-state index contributed by atoms with van der Waals surface area (Å²) < 4.78 is 0. The summed E-state index contributed by atoms with van der Waals surface area (Å²) in [4.78, 5) is 42.0. The molecule has 2 heterocycles. The van der Waals surface area contributed by atoms with Gasteiger partial charge in [0.1, 0.15) is 0 Å². The van der Waals surface area contributed by atoms with Crippen LogP contribution in [0.15, 0.2) is 53.9 Å². The molecule has 0 spiro atoms. The molecule has 32 heavy (non-hydrogen) atoms. The van der Waals surface area contributed by atoms with Crippen molar-refractivity contribution in [1.29, 1.82) is 0 Å². The summed E-state index contributed by atoms with van der Waals surface area (Å²) in [5.74, 6) is -0.194. The molecule has 1 aliphatic heterocycles. The summed E-state index contributed by atoms with van der Waals surface area (Å²) in [5.41, 5.74) is 4.03.